The van der Waals surface area contributed by atoms with E-state index in [1.807, 2.05) is 18.2 Å². The van der Waals surface area contributed by atoms with Gasteiger partial charge in [0.1, 0.15) is 22.7 Å². The Hall–Kier alpha value is -4.05. The molecule has 3 aromatic heterocycles. The van der Waals surface area contributed by atoms with E-state index >= 15 is 0 Å². The van der Waals surface area contributed by atoms with Crippen molar-refractivity contribution in [1.82, 2.24) is 4.40 Å². The highest BCUT2D eigenvalue weighted by atomic mass is 16.3. The molecular formula is C26H15N3O. The molecule has 0 bridgehead atoms. The summed E-state index contributed by atoms with van der Waals surface area (Å²) in [5.41, 5.74) is 6.32. The first-order chi connectivity index (χ1) is 14.9. The molecule has 4 heterocycles. The van der Waals surface area contributed by atoms with Crippen LogP contribution in [-0.2, 0) is 0 Å². The maximum atomic E-state index is 6.38. The van der Waals surface area contributed by atoms with Crippen molar-refractivity contribution in [3.05, 3.63) is 78.9 Å². The first-order valence-corrected chi connectivity index (χ1v) is 10.2. The fourth-order valence-electron chi connectivity index (χ4n) is 5.27. The van der Waals surface area contributed by atoms with Gasteiger partial charge in [-0.25, -0.2) is 4.99 Å². The molecule has 140 valence electrons. The van der Waals surface area contributed by atoms with Crippen LogP contribution in [0.25, 0.3) is 49.1 Å². The third-order valence-corrected chi connectivity index (χ3v) is 6.53. The van der Waals surface area contributed by atoms with Gasteiger partial charge in [-0.2, -0.15) is 0 Å². The van der Waals surface area contributed by atoms with Gasteiger partial charge in [-0.15, -0.1) is 0 Å². The van der Waals surface area contributed by atoms with Crippen molar-refractivity contribution in [2.24, 2.45) is 4.99 Å². The van der Waals surface area contributed by atoms with E-state index in [9.17, 15) is 0 Å². The predicted octanol–water partition coefficient (Wildman–Crippen LogP) is 6.58. The number of anilines is 1. The van der Waals surface area contributed by atoms with Crippen LogP contribution in [0.2, 0.25) is 0 Å². The number of nitrogens with one attached hydrogen (secondary N) is 1. The lowest BCUT2D eigenvalue weighted by Gasteiger charge is -2.23. The van der Waals surface area contributed by atoms with Crippen molar-refractivity contribution >= 4 is 66.3 Å². The lowest BCUT2D eigenvalue weighted by Crippen LogP contribution is -2.30. The number of hydrogen-bond acceptors (Lipinski definition) is 3. The van der Waals surface area contributed by atoms with Crippen molar-refractivity contribution in [1.29, 1.82) is 0 Å². The second-order valence-corrected chi connectivity index (χ2v) is 8.07. The number of hydrogen-bond donors (Lipinski definition) is 1. The zero-order chi connectivity index (χ0) is 19.4. The number of para-hydroxylation sites is 2. The monoisotopic (exact) mass is 385 g/mol. The van der Waals surface area contributed by atoms with Crippen molar-refractivity contribution in [2.45, 2.75) is 6.04 Å². The maximum Gasteiger partial charge on any atom is 0.145 e. The number of aliphatic imine (C=N–C) groups is 1. The summed E-state index contributed by atoms with van der Waals surface area (Å²) in [6, 6.07) is 19.3. The average molecular weight is 385 g/mol. The van der Waals surface area contributed by atoms with E-state index in [4.69, 9.17) is 9.41 Å². The van der Waals surface area contributed by atoms with Crippen LogP contribution in [0.15, 0.2) is 88.3 Å². The van der Waals surface area contributed by atoms with Crippen LogP contribution in [0.5, 0.6) is 0 Å². The first-order valence-electron chi connectivity index (χ1n) is 10.2. The standard InChI is InChI=1S/C26H15N3O/c1-4-11-21-14(6-1)15-12-13-20-22(25(15)30-21)16-7-5-8-17-23-26(29(20)24(16)17)28-19-10-3-2-9-18(19)27-23/h1-13,19,28H. The molecule has 30 heavy (non-hydrogen) atoms. The molecule has 0 saturated heterocycles. The topological polar surface area (TPSA) is 41.9 Å². The Bertz CT molecular complexity index is 1780. The van der Waals surface area contributed by atoms with Gasteiger partial charge >= 0.3 is 0 Å². The van der Waals surface area contributed by atoms with Crippen LogP contribution in [0.4, 0.5) is 11.5 Å². The third-order valence-electron chi connectivity index (χ3n) is 6.53. The lowest BCUT2D eigenvalue weighted by molar-refractivity contribution is 0.673. The molecule has 6 aromatic rings. The van der Waals surface area contributed by atoms with E-state index in [1.165, 1.54) is 21.7 Å². The Kier molecular flexibility index (Phi) is 2.44. The molecule has 0 amide bonds. The summed E-state index contributed by atoms with van der Waals surface area (Å²) in [7, 11) is 0. The highest BCUT2D eigenvalue weighted by Crippen LogP contribution is 2.48. The molecule has 0 spiro atoms. The van der Waals surface area contributed by atoms with Crippen molar-refractivity contribution in [2.75, 3.05) is 5.32 Å². The van der Waals surface area contributed by atoms with Gasteiger partial charge in [-0.05, 0) is 24.3 Å². The first kappa shape index (κ1) is 14.9. The molecule has 3 aromatic carbocycles. The zero-order valence-electron chi connectivity index (χ0n) is 15.9. The van der Waals surface area contributed by atoms with Crippen LogP contribution >= 0.6 is 0 Å². The van der Waals surface area contributed by atoms with E-state index in [2.05, 4.69) is 70.4 Å². The smallest absolute Gasteiger partial charge is 0.145 e. The predicted molar refractivity (Wildman–Crippen MR) is 124 cm³/mol. The van der Waals surface area contributed by atoms with Gasteiger partial charge in [-0.3, -0.25) is 4.40 Å². The minimum Gasteiger partial charge on any atom is -0.455 e. The fourth-order valence-corrected chi connectivity index (χ4v) is 5.27. The Morgan fingerprint density at radius 1 is 0.867 bits per heavy atom. The third kappa shape index (κ3) is 1.59. The van der Waals surface area contributed by atoms with Crippen molar-refractivity contribution in [3.63, 3.8) is 0 Å². The Morgan fingerprint density at radius 3 is 2.77 bits per heavy atom. The highest BCUT2D eigenvalue weighted by Gasteiger charge is 2.29. The molecule has 0 fully saturated rings. The average Bonchev–Trinajstić information content (AvgIpc) is 3.43. The number of fused-ring (bicyclic) bond motifs is 11. The highest BCUT2D eigenvalue weighted by molar-refractivity contribution is 6.28. The molecule has 1 aliphatic heterocycles. The van der Waals surface area contributed by atoms with E-state index in [0.29, 0.717) is 0 Å². The second-order valence-electron chi connectivity index (χ2n) is 8.07. The van der Waals surface area contributed by atoms with E-state index < -0.39 is 0 Å². The minimum absolute atomic E-state index is 0.102. The summed E-state index contributed by atoms with van der Waals surface area (Å²) in [5, 5.41) is 9.59. The minimum atomic E-state index is 0.102. The molecule has 0 radical (unpaired) electrons. The van der Waals surface area contributed by atoms with E-state index in [-0.39, 0.29) is 6.04 Å². The molecule has 2 aliphatic rings. The summed E-state index contributed by atoms with van der Waals surface area (Å²) in [6.07, 6.45) is 8.37. The van der Waals surface area contributed by atoms with Gasteiger partial charge in [0, 0.05) is 21.5 Å². The number of furan rings is 1. The lowest BCUT2D eigenvalue weighted by atomic mass is 10.0. The van der Waals surface area contributed by atoms with Crippen molar-refractivity contribution in [3.8, 4) is 0 Å². The molecule has 0 saturated carbocycles. The van der Waals surface area contributed by atoms with Gasteiger partial charge in [0.25, 0.3) is 0 Å². The number of allylic oxidation sites excluding steroid dienone is 2. The van der Waals surface area contributed by atoms with E-state index in [0.717, 1.165) is 44.7 Å². The van der Waals surface area contributed by atoms with E-state index in [1.54, 1.807) is 0 Å². The molecule has 4 nitrogen and oxygen atoms in total. The summed E-state index contributed by atoms with van der Waals surface area (Å²) in [5.74, 6) is 1.06. The zero-order valence-corrected chi connectivity index (χ0v) is 15.9. The molecule has 4 heteroatoms. The quantitative estimate of drug-likeness (QED) is 0.321. The Balaban J connectivity index is 1.60. The van der Waals surface area contributed by atoms with Gasteiger partial charge in [0.2, 0.25) is 0 Å². The van der Waals surface area contributed by atoms with Crippen LogP contribution < -0.4 is 5.32 Å². The molecule has 1 unspecified atom stereocenters. The molecule has 1 atom stereocenters. The van der Waals surface area contributed by atoms with Crippen LogP contribution in [0.3, 0.4) is 0 Å². The second kappa shape index (κ2) is 4.92. The summed E-state index contributed by atoms with van der Waals surface area (Å²) >= 11 is 0. The van der Waals surface area contributed by atoms with Gasteiger partial charge in [-0.1, -0.05) is 54.6 Å². The SMILES string of the molecule is C1=CC2=Nc3c(n4c5ccc6c7ccccc7oc6c5c5cccc3c54)NC2C=C1. The van der Waals surface area contributed by atoms with Crippen LogP contribution in [0, 0.1) is 0 Å². The Morgan fingerprint density at radius 2 is 1.77 bits per heavy atom. The van der Waals surface area contributed by atoms with Gasteiger partial charge in [0.05, 0.1) is 28.2 Å². The number of benzene rings is 3. The van der Waals surface area contributed by atoms with Crippen molar-refractivity contribution < 1.29 is 4.42 Å². The summed E-state index contributed by atoms with van der Waals surface area (Å²) < 4.78 is 8.70. The largest absolute Gasteiger partial charge is 0.455 e. The van der Waals surface area contributed by atoms with Gasteiger partial charge < -0.3 is 9.73 Å². The maximum absolute atomic E-state index is 6.38. The normalized spacial score (nSPS) is 17.9. The summed E-state index contributed by atoms with van der Waals surface area (Å²) in [4.78, 5) is 5.03. The van der Waals surface area contributed by atoms with Crippen LogP contribution in [0.1, 0.15) is 0 Å². The Labute approximate surface area is 170 Å². The number of aromatic nitrogens is 1. The molecule has 1 N–H and O–H groups in total. The molecule has 8 rings (SSSR count). The fraction of sp³-hybridized carbons (Fsp3) is 0.0385. The molecule has 1 aliphatic carbocycles. The number of rotatable bonds is 0. The molecular weight excluding hydrogens is 370 g/mol. The van der Waals surface area contributed by atoms with Gasteiger partial charge in [0.15, 0.2) is 0 Å². The van der Waals surface area contributed by atoms with Crippen LogP contribution in [-0.4, -0.2) is 16.2 Å². The number of nitrogens with zero attached hydrogens (tertiary/aromatic N) is 2. The summed E-state index contributed by atoms with van der Waals surface area (Å²) in [6.45, 7) is 0.